The van der Waals surface area contributed by atoms with E-state index in [1.54, 1.807) is 0 Å². The lowest BCUT2D eigenvalue weighted by atomic mass is 10.0. The fourth-order valence-electron chi connectivity index (χ4n) is 6.36. The molecule has 6 nitrogen and oxygen atoms in total. The minimum absolute atomic E-state index is 0.216. The highest BCUT2D eigenvalue weighted by atomic mass is 16.6. The van der Waals surface area contributed by atoms with Gasteiger partial charge in [-0.2, -0.15) is 0 Å². The van der Waals surface area contributed by atoms with Crippen molar-refractivity contribution in [1.82, 2.24) is 0 Å². The van der Waals surface area contributed by atoms with E-state index in [-0.39, 0.29) is 36.6 Å². The van der Waals surface area contributed by atoms with Crippen molar-refractivity contribution in [2.45, 2.75) is 206 Å². The molecule has 2 heterocycles. The first-order valence-corrected chi connectivity index (χ1v) is 20.3. The molecule has 0 aromatic heterocycles. The average Bonchev–Trinajstić information content (AvgIpc) is 3.57. The maximum Gasteiger partial charge on any atom is 0.321 e. The largest absolute Gasteiger partial charge is 0.393 e. The van der Waals surface area contributed by atoms with Crippen LogP contribution in [-0.2, 0) is 28.7 Å². The maximum atomic E-state index is 11.3. The summed E-state index contributed by atoms with van der Waals surface area (Å²) >= 11 is 0. The van der Waals surface area contributed by atoms with Crippen molar-refractivity contribution in [3.8, 4) is 0 Å². The molecule has 2 rings (SSSR count). The lowest BCUT2D eigenvalue weighted by Gasteiger charge is -2.03. The van der Waals surface area contributed by atoms with Gasteiger partial charge in [-0.1, -0.05) is 192 Å². The Morgan fingerprint density at radius 1 is 0.417 bits per heavy atom. The molecule has 0 radical (unpaired) electrons. The summed E-state index contributed by atoms with van der Waals surface area (Å²) in [5.41, 5.74) is 0. The van der Waals surface area contributed by atoms with Crippen molar-refractivity contribution in [3.63, 3.8) is 0 Å². The number of ether oxygens (including phenoxy) is 2. The van der Waals surface area contributed by atoms with Crippen LogP contribution in [0.25, 0.3) is 0 Å². The van der Waals surface area contributed by atoms with Crippen LogP contribution in [0.5, 0.6) is 0 Å². The van der Waals surface area contributed by atoms with Crippen molar-refractivity contribution >= 4 is 23.9 Å². The van der Waals surface area contributed by atoms with Gasteiger partial charge >= 0.3 is 23.9 Å². The summed E-state index contributed by atoms with van der Waals surface area (Å²) in [5.74, 6) is -2.23. The molecular formula is C42H72O6. The highest BCUT2D eigenvalue weighted by Gasteiger charge is 2.31. The van der Waals surface area contributed by atoms with Crippen molar-refractivity contribution in [1.29, 1.82) is 0 Å². The van der Waals surface area contributed by atoms with Crippen molar-refractivity contribution in [3.05, 3.63) is 24.3 Å². The van der Waals surface area contributed by atoms with Gasteiger partial charge in [0.25, 0.3) is 0 Å². The fraction of sp³-hybridized carbons (Fsp3) is 0.810. The standard InChI is InChI=1S/C22H38O3.C20H34O3/c1-2-3-4-5-6-7-8-9-10-11-12-13-14-15-16-17-18-20-19-21(23)25-22(20)24;1-2-3-4-5-6-7-8-9-10-11-12-13-14-15-16-18-17-19(21)23-20(18)22/h17-18,20H,2-16,19H2,1H3;15-16,18H,2-14,17H2,1H3. The van der Waals surface area contributed by atoms with Crippen molar-refractivity contribution in [2.75, 3.05) is 0 Å². The van der Waals surface area contributed by atoms with E-state index in [1.807, 2.05) is 24.3 Å². The molecule has 6 heteroatoms. The van der Waals surface area contributed by atoms with Gasteiger partial charge in [-0.05, 0) is 25.7 Å². The molecule has 0 bridgehead atoms. The van der Waals surface area contributed by atoms with Gasteiger partial charge in [0.15, 0.2) is 0 Å². The number of cyclic esters (lactones) is 4. The number of hydrogen-bond donors (Lipinski definition) is 0. The van der Waals surface area contributed by atoms with Crippen molar-refractivity contribution in [2.24, 2.45) is 11.8 Å². The smallest absolute Gasteiger partial charge is 0.321 e. The lowest BCUT2D eigenvalue weighted by molar-refractivity contribution is -0.154. The van der Waals surface area contributed by atoms with E-state index in [1.165, 1.54) is 167 Å². The molecule has 0 spiro atoms. The normalized spacial score (nSPS) is 17.8. The topological polar surface area (TPSA) is 86.7 Å². The Kier molecular flexibility index (Phi) is 29.2. The summed E-state index contributed by atoms with van der Waals surface area (Å²) in [6, 6.07) is 0. The molecule has 0 aromatic carbocycles. The van der Waals surface area contributed by atoms with Crippen LogP contribution < -0.4 is 0 Å². The number of rotatable bonds is 30. The van der Waals surface area contributed by atoms with E-state index in [9.17, 15) is 19.2 Å². The van der Waals surface area contributed by atoms with Gasteiger partial charge in [0.1, 0.15) is 0 Å². The van der Waals surface area contributed by atoms with Crippen LogP contribution in [0.3, 0.4) is 0 Å². The summed E-state index contributed by atoms with van der Waals surface area (Å²) in [4.78, 5) is 44.4. The lowest BCUT2D eigenvalue weighted by Crippen LogP contribution is -2.03. The van der Waals surface area contributed by atoms with Crippen LogP contribution in [0.2, 0.25) is 0 Å². The van der Waals surface area contributed by atoms with Gasteiger partial charge in [-0.25, -0.2) is 0 Å². The van der Waals surface area contributed by atoms with E-state index in [2.05, 4.69) is 23.3 Å². The van der Waals surface area contributed by atoms with Crippen LogP contribution in [0.1, 0.15) is 206 Å². The molecule has 2 saturated heterocycles. The van der Waals surface area contributed by atoms with Gasteiger partial charge in [-0.15, -0.1) is 0 Å². The van der Waals surface area contributed by atoms with E-state index in [0.29, 0.717) is 0 Å². The Morgan fingerprint density at radius 3 is 0.896 bits per heavy atom. The van der Waals surface area contributed by atoms with Gasteiger partial charge in [0.05, 0.1) is 24.7 Å². The summed E-state index contributed by atoms with van der Waals surface area (Å²) in [5, 5.41) is 0. The number of allylic oxidation sites excluding steroid dienone is 2. The molecule has 0 aliphatic carbocycles. The predicted octanol–water partition coefficient (Wildman–Crippen LogP) is 12.2. The van der Waals surface area contributed by atoms with Crippen LogP contribution in [-0.4, -0.2) is 23.9 Å². The molecule has 0 N–H and O–H groups in total. The van der Waals surface area contributed by atoms with Crippen LogP contribution in [0, 0.1) is 11.8 Å². The van der Waals surface area contributed by atoms with Crippen LogP contribution >= 0.6 is 0 Å². The molecule has 276 valence electrons. The molecule has 0 saturated carbocycles. The molecule has 2 fully saturated rings. The molecule has 2 unspecified atom stereocenters. The average molecular weight is 673 g/mol. The predicted molar refractivity (Wildman–Crippen MR) is 197 cm³/mol. The minimum atomic E-state index is -0.394. The van der Waals surface area contributed by atoms with Gasteiger partial charge in [0, 0.05) is 0 Å². The Labute approximate surface area is 294 Å². The highest BCUT2D eigenvalue weighted by Crippen LogP contribution is 2.19. The van der Waals surface area contributed by atoms with Crippen LogP contribution in [0.4, 0.5) is 0 Å². The van der Waals surface area contributed by atoms with E-state index in [0.717, 1.165) is 12.8 Å². The Balaban J connectivity index is 0.000000482. The molecule has 48 heavy (non-hydrogen) atoms. The maximum absolute atomic E-state index is 11.3. The number of carbonyl (C=O) groups is 4. The fourth-order valence-corrected chi connectivity index (χ4v) is 6.36. The monoisotopic (exact) mass is 673 g/mol. The number of carbonyl (C=O) groups excluding carboxylic acids is 4. The number of esters is 4. The third-order valence-corrected chi connectivity index (χ3v) is 9.49. The molecule has 0 aromatic rings. The highest BCUT2D eigenvalue weighted by molar-refractivity contribution is 5.96. The van der Waals surface area contributed by atoms with E-state index >= 15 is 0 Å². The third kappa shape index (κ3) is 25.7. The summed E-state index contributed by atoms with van der Waals surface area (Å²) in [6.07, 6.45) is 45.6. The quantitative estimate of drug-likeness (QED) is 0.0327. The Hall–Kier alpha value is -2.24. The summed E-state index contributed by atoms with van der Waals surface area (Å²) in [6.45, 7) is 4.54. The molecule has 0 amide bonds. The second-order valence-electron chi connectivity index (χ2n) is 14.1. The zero-order valence-corrected chi connectivity index (χ0v) is 31.1. The van der Waals surface area contributed by atoms with Crippen LogP contribution in [0.15, 0.2) is 24.3 Å². The second-order valence-corrected chi connectivity index (χ2v) is 14.1. The summed E-state index contributed by atoms with van der Waals surface area (Å²) in [7, 11) is 0. The van der Waals surface area contributed by atoms with Gasteiger partial charge < -0.3 is 9.47 Å². The van der Waals surface area contributed by atoms with E-state index < -0.39 is 11.9 Å². The zero-order valence-electron chi connectivity index (χ0n) is 31.1. The van der Waals surface area contributed by atoms with Gasteiger partial charge in [0.2, 0.25) is 0 Å². The number of unbranched alkanes of at least 4 members (excludes halogenated alkanes) is 26. The first-order valence-electron chi connectivity index (χ1n) is 20.3. The van der Waals surface area contributed by atoms with E-state index in [4.69, 9.17) is 0 Å². The molecule has 2 aliphatic rings. The molecular weight excluding hydrogens is 600 g/mol. The summed E-state index contributed by atoms with van der Waals surface area (Å²) < 4.78 is 9.04. The first-order chi connectivity index (χ1) is 23.5. The molecule has 2 aliphatic heterocycles. The molecule has 2 atom stereocenters. The minimum Gasteiger partial charge on any atom is -0.393 e. The third-order valence-electron chi connectivity index (χ3n) is 9.49. The van der Waals surface area contributed by atoms with Gasteiger partial charge in [-0.3, -0.25) is 19.2 Å². The van der Waals surface area contributed by atoms with Crippen molar-refractivity contribution < 1.29 is 28.7 Å². The Bertz CT molecular complexity index is 891. The number of hydrogen-bond acceptors (Lipinski definition) is 6. The second kappa shape index (κ2) is 32.0. The zero-order chi connectivity index (χ0) is 34.9. The first kappa shape index (κ1) is 43.8. The Morgan fingerprint density at radius 2 is 0.667 bits per heavy atom. The SMILES string of the molecule is CCCCCCCCCCCCCCC=CC1CC(=O)OC1=O.CCCCCCCCCCCCCCCCC=CC1CC(=O)OC1=O.